The van der Waals surface area contributed by atoms with Crippen LogP contribution in [-0.2, 0) is 32.5 Å². The SMILES string of the molecule is CC1(C)c2cc(-c3nc(-c4ccccc4)nc(-c4ccc5c(c4)oc4ccccc45)n3)ccc2-c2cc3c(ccc4ccccc43)cc2C1(C)C.CC1(C)c2ccc(-c3nc(-c4ccccc4)nc(-c4ccc5ccccc5c4)n3)cc2-c2cc3c(ccc4ccccc43)cc2C1(C)C.CC1(C)c2ccc(-c3nc(-c4ccccc4)nc(-c4cccc5oc6ccccc6c45)n3)cc2-c2cc3c(ccc4ccccc43)cc2C1(C)C. The summed E-state index contributed by atoms with van der Waals surface area (Å²) in [6.07, 6.45) is 0. The summed E-state index contributed by atoms with van der Waals surface area (Å²) in [5.41, 5.74) is 26.8. The Hall–Kier alpha value is -17.9. The van der Waals surface area contributed by atoms with Crippen LogP contribution in [0.25, 0.3) is 255 Å². The number of rotatable bonds is 9. The van der Waals surface area contributed by atoms with Crippen LogP contribution in [0.15, 0.2) is 427 Å². The molecule has 11 heteroatoms. The Morgan fingerprint density at radius 1 is 0.140 bits per heavy atom. The van der Waals surface area contributed by atoms with Crippen LogP contribution in [0.4, 0.5) is 0 Å². The molecular weight excluding hydrogens is 1830 g/mol. The van der Waals surface area contributed by atoms with Gasteiger partial charge in [0.05, 0.1) is 0 Å². The van der Waals surface area contributed by atoms with Gasteiger partial charge < -0.3 is 8.83 Å². The first-order valence-corrected chi connectivity index (χ1v) is 51.9. The molecule has 150 heavy (non-hydrogen) atoms. The van der Waals surface area contributed by atoms with Crippen molar-refractivity contribution < 1.29 is 8.83 Å². The summed E-state index contributed by atoms with van der Waals surface area (Å²) in [5, 5.41) is 21.9. The summed E-state index contributed by atoms with van der Waals surface area (Å²) in [6.45, 7) is 28.6. The number of nitrogens with zero attached hydrogens (tertiary/aromatic N) is 9. The molecule has 0 radical (unpaired) electrons. The van der Waals surface area contributed by atoms with Gasteiger partial charge in [-0.1, -0.05) is 411 Å². The molecule has 0 spiro atoms. The number of para-hydroxylation sites is 2. The molecule has 0 amide bonds. The second kappa shape index (κ2) is 34.4. The molecular formula is C139H105N9O2. The van der Waals surface area contributed by atoms with Crippen molar-refractivity contribution in [3.8, 4) is 136 Å². The van der Waals surface area contributed by atoms with Gasteiger partial charge in [0.25, 0.3) is 0 Å². The van der Waals surface area contributed by atoms with E-state index in [0.717, 1.165) is 99.3 Å². The van der Waals surface area contributed by atoms with E-state index in [-0.39, 0.29) is 32.5 Å². The van der Waals surface area contributed by atoms with E-state index in [9.17, 15) is 0 Å². The number of benzene rings is 21. The molecule has 26 aromatic rings. The van der Waals surface area contributed by atoms with Crippen LogP contribution in [0.3, 0.4) is 0 Å². The lowest BCUT2D eigenvalue weighted by molar-refractivity contribution is 0.299. The first-order valence-electron chi connectivity index (χ1n) is 51.9. The van der Waals surface area contributed by atoms with E-state index in [0.29, 0.717) is 52.4 Å². The van der Waals surface area contributed by atoms with Crippen LogP contribution >= 0.6 is 0 Å². The molecule has 0 saturated carbocycles. The third-order valence-electron chi connectivity index (χ3n) is 34.4. The maximum atomic E-state index is 6.26. The normalized spacial score (nSPS) is 14.6. The lowest BCUT2D eigenvalue weighted by atomic mass is 9.55. The van der Waals surface area contributed by atoms with Gasteiger partial charge in [-0.05, 0) is 266 Å². The van der Waals surface area contributed by atoms with Crippen molar-refractivity contribution >= 4 is 119 Å². The van der Waals surface area contributed by atoms with Crippen molar-refractivity contribution in [3.63, 3.8) is 0 Å². The Kier molecular flexibility index (Phi) is 20.8. The van der Waals surface area contributed by atoms with Crippen LogP contribution in [0.2, 0.25) is 0 Å². The zero-order valence-electron chi connectivity index (χ0n) is 85.7. The highest BCUT2D eigenvalue weighted by atomic mass is 16.3. The first kappa shape index (κ1) is 90.8. The minimum absolute atomic E-state index is 0.0897. The summed E-state index contributed by atoms with van der Waals surface area (Å²) in [7, 11) is 0. The Balaban J connectivity index is 0.000000111. The van der Waals surface area contributed by atoms with Crippen LogP contribution in [0.5, 0.6) is 0 Å². The maximum absolute atomic E-state index is 6.26. The monoisotopic (exact) mass is 1930 g/mol. The standard InChI is InChI=1S/2C47H35N3O.C45H35N3/c1-46(2)38-24-23-31(25-36(38)37-27-35-30(26-39(37)47(46,3)4)22-21-28-13-8-9-16-32(28)35)44-48-43(29-14-6-5-7-15-29)49-45(50-44)34-18-12-20-41-42(34)33-17-10-11-19-40(33)51-41;1-46(2)39-25-31(20-22-34(39)38-27-37-30(24-40(38)47(46,3)4)19-18-28-12-8-9-15-33(28)37)44-48-43(29-13-6-5-7-14-29)49-45(50-44)32-21-23-36-35-16-10-11-17-41(35)51-42(36)26-32;1-44(2)39-23-22-34(25-37(39)38-27-36-32(26-40(38)45(44,3)4)20-19-29-13-10-11-17-35(29)36)43-47-41(30-14-6-5-7-15-30)46-42(48-43)33-21-18-28-12-8-9-16-31(28)24-33/h2*5-27H,1-4H3;5-27H,1-4H3. The summed E-state index contributed by atoms with van der Waals surface area (Å²) in [4.78, 5) is 46.0. The minimum atomic E-state index is -0.180. The van der Waals surface area contributed by atoms with Gasteiger partial charge in [-0.25, -0.2) is 44.9 Å². The number of hydrogen-bond donors (Lipinski definition) is 0. The summed E-state index contributed by atoms with van der Waals surface area (Å²) < 4.78 is 12.5. The van der Waals surface area contributed by atoms with Gasteiger partial charge in [-0.15, -0.1) is 0 Å². The highest BCUT2D eigenvalue weighted by Gasteiger charge is 2.50. The van der Waals surface area contributed by atoms with Gasteiger partial charge >= 0.3 is 0 Å². The lowest BCUT2D eigenvalue weighted by Crippen LogP contribution is -2.43. The fraction of sp³-hybridized carbons (Fsp3) is 0.129. The van der Waals surface area contributed by atoms with E-state index < -0.39 is 0 Å². The average Bonchev–Trinajstić information content (AvgIpc) is 1.08. The zero-order valence-corrected chi connectivity index (χ0v) is 85.7. The molecule has 0 fully saturated rings. The van der Waals surface area contributed by atoms with E-state index in [1.54, 1.807) is 0 Å². The highest BCUT2D eigenvalue weighted by Crippen LogP contribution is 2.60. The van der Waals surface area contributed by atoms with E-state index in [1.165, 1.54) is 137 Å². The first-order chi connectivity index (χ1) is 72.8. The molecule has 29 rings (SSSR count). The summed E-state index contributed by atoms with van der Waals surface area (Å²) in [5.74, 6) is 5.80. The van der Waals surface area contributed by atoms with Crippen LogP contribution in [-0.4, -0.2) is 44.9 Å². The molecule has 11 nitrogen and oxygen atoms in total. The van der Waals surface area contributed by atoms with Crippen molar-refractivity contribution in [1.82, 2.24) is 44.9 Å². The smallest absolute Gasteiger partial charge is 0.164 e. The second-order valence-corrected chi connectivity index (χ2v) is 43.9. The predicted molar refractivity (Wildman–Crippen MR) is 620 cm³/mol. The molecule has 0 saturated heterocycles. The average molecular weight is 1930 g/mol. The minimum Gasteiger partial charge on any atom is -0.456 e. The molecule has 0 atom stereocenters. The Bertz CT molecular complexity index is 10100. The number of hydrogen-bond acceptors (Lipinski definition) is 11. The Morgan fingerprint density at radius 3 is 0.880 bits per heavy atom. The third-order valence-corrected chi connectivity index (χ3v) is 34.4. The fourth-order valence-electron chi connectivity index (χ4n) is 23.9. The van der Waals surface area contributed by atoms with Gasteiger partial charge in [0.15, 0.2) is 52.4 Å². The molecule has 3 aliphatic rings. The molecule has 0 bridgehead atoms. The Labute approximate surface area is 870 Å². The van der Waals surface area contributed by atoms with E-state index in [2.05, 4.69) is 392 Å². The number of fused-ring (bicyclic) bond motifs is 25. The quantitative estimate of drug-likeness (QED) is 0.127. The summed E-state index contributed by atoms with van der Waals surface area (Å²) >= 11 is 0. The molecule has 0 unspecified atom stereocenters. The van der Waals surface area contributed by atoms with E-state index in [4.69, 9.17) is 53.7 Å². The maximum Gasteiger partial charge on any atom is 0.164 e. The van der Waals surface area contributed by atoms with Gasteiger partial charge in [0, 0.05) is 71.6 Å². The van der Waals surface area contributed by atoms with Gasteiger partial charge in [0.2, 0.25) is 0 Å². The number of aromatic nitrogens is 9. The molecule has 21 aromatic carbocycles. The molecule has 5 aromatic heterocycles. The van der Waals surface area contributed by atoms with Gasteiger partial charge in [-0.3, -0.25) is 0 Å². The fourth-order valence-corrected chi connectivity index (χ4v) is 23.9. The van der Waals surface area contributed by atoms with Gasteiger partial charge in [-0.2, -0.15) is 0 Å². The summed E-state index contributed by atoms with van der Waals surface area (Å²) in [6, 6.07) is 149. The van der Waals surface area contributed by atoms with Crippen molar-refractivity contribution in [2.45, 2.75) is 116 Å². The van der Waals surface area contributed by atoms with Crippen LogP contribution < -0.4 is 0 Å². The molecule has 0 aliphatic heterocycles. The molecule has 718 valence electrons. The topological polar surface area (TPSA) is 142 Å². The van der Waals surface area contributed by atoms with Crippen molar-refractivity contribution in [3.05, 3.63) is 452 Å². The Morgan fingerprint density at radius 2 is 0.427 bits per heavy atom. The number of furan rings is 2. The molecule has 3 aliphatic carbocycles. The van der Waals surface area contributed by atoms with Crippen molar-refractivity contribution in [2.24, 2.45) is 0 Å². The van der Waals surface area contributed by atoms with Gasteiger partial charge in [0.1, 0.15) is 22.3 Å². The van der Waals surface area contributed by atoms with Crippen LogP contribution in [0.1, 0.15) is 116 Å². The van der Waals surface area contributed by atoms with E-state index in [1.807, 2.05) is 109 Å². The highest BCUT2D eigenvalue weighted by molar-refractivity contribution is 6.15. The third kappa shape index (κ3) is 14.6. The van der Waals surface area contributed by atoms with Crippen LogP contribution in [0, 0.1) is 0 Å². The predicted octanol–water partition coefficient (Wildman–Crippen LogP) is 36.2. The molecule has 5 heterocycles. The van der Waals surface area contributed by atoms with E-state index >= 15 is 0 Å². The largest absolute Gasteiger partial charge is 0.456 e. The second-order valence-electron chi connectivity index (χ2n) is 43.9. The zero-order chi connectivity index (χ0) is 102. The lowest BCUT2D eigenvalue weighted by Gasteiger charge is -2.48. The molecule has 0 N–H and O–H groups in total. The van der Waals surface area contributed by atoms with Crippen molar-refractivity contribution in [1.29, 1.82) is 0 Å². The van der Waals surface area contributed by atoms with Crippen molar-refractivity contribution in [2.75, 3.05) is 0 Å².